The zero-order valence-electron chi connectivity index (χ0n) is 13.1. The lowest BCUT2D eigenvalue weighted by molar-refractivity contribution is 0.462. The summed E-state index contributed by atoms with van der Waals surface area (Å²) in [5.74, 6) is 0.183. The van der Waals surface area contributed by atoms with Crippen LogP contribution >= 0.6 is 0 Å². The molecule has 0 bridgehead atoms. The number of nitrogens with zero attached hydrogens (tertiary/aromatic N) is 2. The van der Waals surface area contributed by atoms with Gasteiger partial charge in [0.1, 0.15) is 17.5 Å². The summed E-state index contributed by atoms with van der Waals surface area (Å²) in [4.78, 5) is 8.70. The fraction of sp³-hybridized carbons (Fsp3) is 0.412. The van der Waals surface area contributed by atoms with Gasteiger partial charge in [-0.25, -0.2) is 18.7 Å². The average molecular weight is 318 g/mol. The van der Waals surface area contributed by atoms with Crippen LogP contribution in [0.5, 0.6) is 0 Å². The molecular formula is C17H20F2N4. The summed E-state index contributed by atoms with van der Waals surface area (Å²) in [5, 5.41) is 6.44. The van der Waals surface area contributed by atoms with Crippen molar-refractivity contribution in [3.8, 4) is 0 Å². The standard InChI is InChI=1S/C17H20F2N4/c1-11-20-16(22-12-5-3-2-4-6-12)10-17(21-11)23-13-7-8-14(18)15(19)9-13/h7-10,12H,2-6H2,1H3,(H2,20,21,22,23). The molecule has 1 aliphatic rings. The molecule has 1 aromatic carbocycles. The number of benzene rings is 1. The van der Waals surface area contributed by atoms with Gasteiger partial charge in [-0.2, -0.15) is 0 Å². The molecule has 2 N–H and O–H groups in total. The third kappa shape index (κ3) is 4.15. The second-order valence-electron chi connectivity index (χ2n) is 5.92. The molecule has 4 nitrogen and oxygen atoms in total. The molecule has 2 aromatic rings. The predicted molar refractivity (Wildman–Crippen MR) is 86.9 cm³/mol. The van der Waals surface area contributed by atoms with Gasteiger partial charge in [0.05, 0.1) is 0 Å². The van der Waals surface area contributed by atoms with E-state index in [1.807, 2.05) is 6.92 Å². The molecule has 1 saturated carbocycles. The van der Waals surface area contributed by atoms with E-state index >= 15 is 0 Å². The molecule has 0 radical (unpaired) electrons. The highest BCUT2D eigenvalue weighted by atomic mass is 19.2. The van der Waals surface area contributed by atoms with Crippen LogP contribution in [0.4, 0.5) is 26.1 Å². The molecule has 1 aromatic heterocycles. The molecule has 0 aliphatic heterocycles. The van der Waals surface area contributed by atoms with Crippen LogP contribution in [-0.2, 0) is 0 Å². The van der Waals surface area contributed by atoms with E-state index < -0.39 is 11.6 Å². The first-order valence-electron chi connectivity index (χ1n) is 7.94. The Kier molecular flexibility index (Phi) is 4.69. The van der Waals surface area contributed by atoms with E-state index in [0.29, 0.717) is 23.4 Å². The number of halogens is 2. The lowest BCUT2D eigenvalue weighted by Crippen LogP contribution is -2.23. The van der Waals surface area contributed by atoms with Crippen LogP contribution in [0.3, 0.4) is 0 Å². The van der Waals surface area contributed by atoms with Crippen LogP contribution in [0.25, 0.3) is 0 Å². The minimum Gasteiger partial charge on any atom is -0.367 e. The monoisotopic (exact) mass is 318 g/mol. The van der Waals surface area contributed by atoms with Crippen molar-refractivity contribution in [2.45, 2.75) is 45.1 Å². The van der Waals surface area contributed by atoms with Gasteiger partial charge in [-0.05, 0) is 31.9 Å². The van der Waals surface area contributed by atoms with E-state index in [0.717, 1.165) is 30.8 Å². The van der Waals surface area contributed by atoms with Gasteiger partial charge in [0.15, 0.2) is 11.6 Å². The van der Waals surface area contributed by atoms with Gasteiger partial charge in [-0.15, -0.1) is 0 Å². The van der Waals surface area contributed by atoms with Gasteiger partial charge in [-0.3, -0.25) is 0 Å². The van der Waals surface area contributed by atoms with Gasteiger partial charge >= 0.3 is 0 Å². The SMILES string of the molecule is Cc1nc(Nc2ccc(F)c(F)c2)cc(NC2CCCCC2)n1. The van der Waals surface area contributed by atoms with E-state index in [2.05, 4.69) is 20.6 Å². The molecule has 3 rings (SSSR count). The highest BCUT2D eigenvalue weighted by Crippen LogP contribution is 2.23. The fourth-order valence-electron chi connectivity index (χ4n) is 2.88. The number of nitrogens with one attached hydrogen (secondary N) is 2. The summed E-state index contributed by atoms with van der Waals surface area (Å²) >= 11 is 0. The number of hydrogen-bond donors (Lipinski definition) is 2. The lowest BCUT2D eigenvalue weighted by atomic mass is 9.95. The van der Waals surface area contributed by atoms with Crippen LogP contribution in [-0.4, -0.2) is 16.0 Å². The second-order valence-corrected chi connectivity index (χ2v) is 5.92. The first-order chi connectivity index (χ1) is 11.1. The number of hydrogen-bond acceptors (Lipinski definition) is 4. The average Bonchev–Trinajstić information content (AvgIpc) is 2.51. The van der Waals surface area contributed by atoms with Crippen LogP contribution in [0, 0.1) is 18.6 Å². The van der Waals surface area contributed by atoms with Crippen LogP contribution in [0.15, 0.2) is 24.3 Å². The summed E-state index contributed by atoms with van der Waals surface area (Å²) in [6.45, 7) is 1.81. The van der Waals surface area contributed by atoms with Crippen molar-refractivity contribution < 1.29 is 8.78 Å². The molecule has 1 heterocycles. The summed E-state index contributed by atoms with van der Waals surface area (Å²) in [7, 11) is 0. The van der Waals surface area contributed by atoms with Crippen molar-refractivity contribution in [2.75, 3.05) is 10.6 Å². The van der Waals surface area contributed by atoms with Gasteiger partial charge in [0.2, 0.25) is 0 Å². The van der Waals surface area contributed by atoms with Gasteiger partial charge in [-0.1, -0.05) is 19.3 Å². The van der Waals surface area contributed by atoms with Gasteiger partial charge < -0.3 is 10.6 Å². The Hall–Kier alpha value is -2.24. The summed E-state index contributed by atoms with van der Waals surface area (Å²) < 4.78 is 26.3. The fourth-order valence-corrected chi connectivity index (χ4v) is 2.88. The Balaban J connectivity index is 1.75. The van der Waals surface area contributed by atoms with Crippen molar-refractivity contribution in [1.82, 2.24) is 9.97 Å². The Morgan fingerprint density at radius 1 is 0.957 bits per heavy atom. The molecule has 1 fully saturated rings. The van der Waals surface area contributed by atoms with Gasteiger partial charge in [0.25, 0.3) is 0 Å². The number of anilines is 3. The number of aryl methyl sites for hydroxylation is 1. The van der Waals surface area contributed by atoms with Crippen molar-refractivity contribution in [3.63, 3.8) is 0 Å². The first-order valence-corrected chi connectivity index (χ1v) is 7.94. The predicted octanol–water partition coefficient (Wildman–Crippen LogP) is 4.55. The molecule has 122 valence electrons. The van der Waals surface area contributed by atoms with E-state index in [1.54, 1.807) is 6.07 Å². The third-order valence-corrected chi connectivity index (χ3v) is 3.99. The van der Waals surface area contributed by atoms with Crippen molar-refractivity contribution >= 4 is 17.3 Å². The molecule has 1 aliphatic carbocycles. The largest absolute Gasteiger partial charge is 0.367 e. The maximum Gasteiger partial charge on any atom is 0.160 e. The lowest BCUT2D eigenvalue weighted by Gasteiger charge is -2.23. The highest BCUT2D eigenvalue weighted by Gasteiger charge is 2.14. The van der Waals surface area contributed by atoms with Crippen molar-refractivity contribution in [3.05, 3.63) is 41.7 Å². The molecule has 0 amide bonds. The molecule has 6 heteroatoms. The van der Waals surface area contributed by atoms with Gasteiger partial charge in [0, 0.05) is 23.9 Å². The quantitative estimate of drug-likeness (QED) is 0.868. The Labute approximate surface area is 134 Å². The minimum atomic E-state index is -0.888. The van der Waals surface area contributed by atoms with E-state index in [9.17, 15) is 8.78 Å². The molecule has 23 heavy (non-hydrogen) atoms. The normalized spacial score (nSPS) is 15.4. The molecular weight excluding hydrogens is 298 g/mol. The highest BCUT2D eigenvalue weighted by molar-refractivity contribution is 5.59. The summed E-state index contributed by atoms with van der Waals surface area (Å²) in [6.07, 6.45) is 6.07. The topological polar surface area (TPSA) is 49.8 Å². The Bertz CT molecular complexity index is 684. The van der Waals surface area contributed by atoms with Crippen LogP contribution in [0.1, 0.15) is 37.9 Å². The zero-order valence-corrected chi connectivity index (χ0v) is 13.1. The maximum atomic E-state index is 13.3. The third-order valence-electron chi connectivity index (χ3n) is 3.99. The smallest absolute Gasteiger partial charge is 0.160 e. The maximum absolute atomic E-state index is 13.3. The van der Waals surface area contributed by atoms with E-state index in [4.69, 9.17) is 0 Å². The molecule has 0 unspecified atom stereocenters. The van der Waals surface area contributed by atoms with Crippen LogP contribution in [0.2, 0.25) is 0 Å². The minimum absolute atomic E-state index is 0.439. The summed E-state index contributed by atoms with van der Waals surface area (Å²) in [6, 6.07) is 5.91. The first kappa shape index (κ1) is 15.6. The molecule has 0 saturated heterocycles. The second kappa shape index (κ2) is 6.89. The summed E-state index contributed by atoms with van der Waals surface area (Å²) in [5.41, 5.74) is 0.450. The Morgan fingerprint density at radius 3 is 2.43 bits per heavy atom. The van der Waals surface area contributed by atoms with E-state index in [-0.39, 0.29) is 0 Å². The number of rotatable bonds is 4. The Morgan fingerprint density at radius 2 is 1.70 bits per heavy atom. The molecule has 0 atom stereocenters. The van der Waals surface area contributed by atoms with Crippen molar-refractivity contribution in [1.29, 1.82) is 0 Å². The molecule has 0 spiro atoms. The van der Waals surface area contributed by atoms with Crippen molar-refractivity contribution in [2.24, 2.45) is 0 Å². The number of aromatic nitrogens is 2. The van der Waals surface area contributed by atoms with Crippen LogP contribution < -0.4 is 10.6 Å². The zero-order chi connectivity index (χ0) is 16.2. The van der Waals surface area contributed by atoms with E-state index in [1.165, 1.54) is 25.3 Å².